The molecule has 0 radical (unpaired) electrons. The highest BCUT2D eigenvalue weighted by molar-refractivity contribution is 7.90. The lowest BCUT2D eigenvalue weighted by Crippen LogP contribution is -2.33. The molecule has 1 fully saturated rings. The highest BCUT2D eigenvalue weighted by Gasteiger charge is 2.17. The summed E-state index contributed by atoms with van der Waals surface area (Å²) in [6, 6.07) is 14.2. The Morgan fingerprint density at radius 1 is 1.14 bits per heavy atom. The van der Waals surface area contributed by atoms with Crippen molar-refractivity contribution in [3.8, 4) is 0 Å². The molecule has 1 aliphatic heterocycles. The Morgan fingerprint density at radius 2 is 1.79 bits per heavy atom. The number of carbonyl (C=O) groups is 1. The van der Waals surface area contributed by atoms with Crippen LogP contribution >= 0.6 is 0 Å². The van der Waals surface area contributed by atoms with E-state index in [9.17, 15) is 13.2 Å². The summed E-state index contributed by atoms with van der Waals surface area (Å²) in [6.07, 6.45) is 3.75. The van der Waals surface area contributed by atoms with E-state index in [0.717, 1.165) is 31.1 Å². The molecule has 0 spiro atoms. The number of sulfone groups is 1. The standard InChI is InChI=1S/C23H30N2O3S/c1-17-5-4-14-25(15-17)16-19-6-8-21(9-7-19)23(26)24-18(2)20-10-12-22(13-11-20)29(3,27)28/h6-13,17-18H,4-5,14-16H2,1-3H3,(H,24,26)/t17-,18+/m0/s1. The van der Waals surface area contributed by atoms with E-state index in [-0.39, 0.29) is 16.8 Å². The van der Waals surface area contributed by atoms with Crippen molar-refractivity contribution < 1.29 is 13.2 Å². The van der Waals surface area contributed by atoms with Gasteiger partial charge < -0.3 is 5.32 Å². The summed E-state index contributed by atoms with van der Waals surface area (Å²) in [5.74, 6) is 0.615. The first-order chi connectivity index (χ1) is 13.7. The van der Waals surface area contributed by atoms with Crippen molar-refractivity contribution in [1.29, 1.82) is 0 Å². The molecule has 0 saturated carbocycles. The van der Waals surface area contributed by atoms with Gasteiger partial charge in [0.25, 0.3) is 5.91 Å². The van der Waals surface area contributed by atoms with Gasteiger partial charge in [-0.2, -0.15) is 0 Å². The number of carbonyl (C=O) groups excluding carboxylic acids is 1. The molecule has 1 aliphatic rings. The molecule has 2 aromatic rings. The van der Waals surface area contributed by atoms with Crippen LogP contribution in [-0.2, 0) is 16.4 Å². The van der Waals surface area contributed by atoms with Crippen LogP contribution in [0.1, 0.15) is 54.2 Å². The van der Waals surface area contributed by atoms with Crippen LogP contribution in [0.4, 0.5) is 0 Å². The molecule has 1 saturated heterocycles. The smallest absolute Gasteiger partial charge is 0.251 e. The van der Waals surface area contributed by atoms with Gasteiger partial charge in [0.15, 0.2) is 9.84 Å². The number of rotatable bonds is 6. The Hall–Kier alpha value is -2.18. The van der Waals surface area contributed by atoms with E-state index in [2.05, 4.69) is 17.1 Å². The third-order valence-corrected chi connectivity index (χ3v) is 6.65. The fourth-order valence-corrected chi connectivity index (χ4v) is 4.45. The van der Waals surface area contributed by atoms with Crippen molar-refractivity contribution in [2.45, 2.75) is 44.2 Å². The third-order valence-electron chi connectivity index (χ3n) is 5.52. The average molecular weight is 415 g/mol. The van der Waals surface area contributed by atoms with Gasteiger partial charge >= 0.3 is 0 Å². The average Bonchev–Trinajstić information content (AvgIpc) is 2.68. The van der Waals surface area contributed by atoms with Crippen molar-refractivity contribution in [1.82, 2.24) is 10.2 Å². The second-order valence-corrected chi connectivity index (χ2v) is 10.2. The minimum atomic E-state index is -3.22. The summed E-state index contributed by atoms with van der Waals surface area (Å²) in [6.45, 7) is 7.39. The molecule has 2 atom stereocenters. The molecular formula is C23H30N2O3S. The second-order valence-electron chi connectivity index (χ2n) is 8.22. The van der Waals surface area contributed by atoms with E-state index in [4.69, 9.17) is 0 Å². The first-order valence-corrected chi connectivity index (χ1v) is 12.0. The van der Waals surface area contributed by atoms with Crippen LogP contribution in [0, 0.1) is 5.92 Å². The van der Waals surface area contributed by atoms with E-state index < -0.39 is 9.84 Å². The zero-order valence-electron chi connectivity index (χ0n) is 17.4. The Bertz CT molecular complexity index is 937. The Balaban J connectivity index is 1.58. The molecule has 1 heterocycles. The van der Waals surface area contributed by atoms with E-state index in [1.54, 1.807) is 24.3 Å². The number of amides is 1. The van der Waals surface area contributed by atoms with E-state index >= 15 is 0 Å². The zero-order valence-corrected chi connectivity index (χ0v) is 18.2. The highest BCUT2D eigenvalue weighted by Crippen LogP contribution is 2.19. The SMILES string of the molecule is C[C@H]1CCCN(Cc2ccc(C(=O)N[C@H](C)c3ccc(S(C)(=O)=O)cc3)cc2)C1. The molecule has 6 heteroatoms. The van der Waals surface area contributed by atoms with E-state index in [0.29, 0.717) is 5.56 Å². The van der Waals surface area contributed by atoms with Crippen molar-refractivity contribution in [3.05, 3.63) is 65.2 Å². The monoisotopic (exact) mass is 414 g/mol. The first kappa shape index (κ1) is 21.5. The fourth-order valence-electron chi connectivity index (χ4n) is 3.82. The molecule has 156 valence electrons. The van der Waals surface area contributed by atoms with Gasteiger partial charge in [0.1, 0.15) is 0 Å². The molecule has 0 bridgehead atoms. The van der Waals surface area contributed by atoms with Crippen molar-refractivity contribution >= 4 is 15.7 Å². The maximum absolute atomic E-state index is 12.6. The Kier molecular flexibility index (Phi) is 6.75. The normalized spacial score (nSPS) is 18.9. The Labute approximate surface area is 174 Å². The number of hydrogen-bond acceptors (Lipinski definition) is 4. The van der Waals surface area contributed by atoms with Crippen LogP contribution in [0.3, 0.4) is 0 Å². The third kappa shape index (κ3) is 5.90. The maximum atomic E-state index is 12.6. The number of benzene rings is 2. The van der Waals surface area contributed by atoms with Gasteiger partial charge in [-0.05, 0) is 67.6 Å². The molecule has 0 unspecified atom stereocenters. The quantitative estimate of drug-likeness (QED) is 0.780. The number of likely N-dealkylation sites (tertiary alicyclic amines) is 1. The second kappa shape index (κ2) is 9.09. The van der Waals surface area contributed by atoms with Crippen LogP contribution in [-0.4, -0.2) is 38.6 Å². The van der Waals surface area contributed by atoms with Gasteiger partial charge in [-0.3, -0.25) is 9.69 Å². The molecule has 1 amide bonds. The minimum absolute atomic E-state index is 0.136. The summed E-state index contributed by atoms with van der Waals surface area (Å²) in [7, 11) is -3.22. The summed E-state index contributed by atoms with van der Waals surface area (Å²) in [4.78, 5) is 15.3. The lowest BCUT2D eigenvalue weighted by atomic mass is 9.99. The molecule has 2 aromatic carbocycles. The number of piperidine rings is 1. The molecule has 3 rings (SSSR count). The number of nitrogens with zero attached hydrogens (tertiary/aromatic N) is 1. The van der Waals surface area contributed by atoms with Crippen LogP contribution < -0.4 is 5.32 Å². The molecule has 29 heavy (non-hydrogen) atoms. The lowest BCUT2D eigenvalue weighted by Gasteiger charge is -2.30. The number of nitrogens with one attached hydrogen (secondary N) is 1. The van der Waals surface area contributed by atoms with Crippen molar-refractivity contribution in [2.75, 3.05) is 19.3 Å². The van der Waals surface area contributed by atoms with Crippen LogP contribution in [0.2, 0.25) is 0 Å². The summed E-state index contributed by atoms with van der Waals surface area (Å²) >= 11 is 0. The van der Waals surface area contributed by atoms with Crippen LogP contribution in [0.15, 0.2) is 53.4 Å². The zero-order chi connectivity index (χ0) is 21.0. The summed E-state index contributed by atoms with van der Waals surface area (Å²) in [5, 5.41) is 2.98. The molecular weight excluding hydrogens is 384 g/mol. The largest absolute Gasteiger partial charge is 0.346 e. The lowest BCUT2D eigenvalue weighted by molar-refractivity contribution is 0.0940. The predicted octanol–water partition coefficient (Wildman–Crippen LogP) is 3.81. The summed E-state index contributed by atoms with van der Waals surface area (Å²) < 4.78 is 23.1. The first-order valence-electron chi connectivity index (χ1n) is 10.1. The predicted molar refractivity (Wildman–Crippen MR) is 116 cm³/mol. The summed E-state index contributed by atoms with van der Waals surface area (Å²) in [5.41, 5.74) is 2.71. The molecule has 1 N–H and O–H groups in total. The fraction of sp³-hybridized carbons (Fsp3) is 0.435. The van der Waals surface area contributed by atoms with Crippen molar-refractivity contribution in [2.24, 2.45) is 5.92 Å². The molecule has 5 nitrogen and oxygen atoms in total. The van der Waals surface area contributed by atoms with Crippen molar-refractivity contribution in [3.63, 3.8) is 0 Å². The van der Waals surface area contributed by atoms with E-state index in [1.165, 1.54) is 24.7 Å². The van der Waals surface area contributed by atoms with Crippen LogP contribution in [0.25, 0.3) is 0 Å². The number of hydrogen-bond donors (Lipinski definition) is 1. The van der Waals surface area contributed by atoms with E-state index in [1.807, 2.05) is 31.2 Å². The van der Waals surface area contributed by atoms with Gasteiger partial charge in [0, 0.05) is 24.9 Å². The van der Waals surface area contributed by atoms with Gasteiger partial charge in [-0.25, -0.2) is 8.42 Å². The van der Waals surface area contributed by atoms with Gasteiger partial charge in [-0.1, -0.05) is 31.2 Å². The van der Waals surface area contributed by atoms with Gasteiger partial charge in [0.05, 0.1) is 10.9 Å². The molecule has 0 aliphatic carbocycles. The van der Waals surface area contributed by atoms with Gasteiger partial charge in [0.2, 0.25) is 0 Å². The van der Waals surface area contributed by atoms with Gasteiger partial charge in [-0.15, -0.1) is 0 Å². The van der Waals surface area contributed by atoms with Crippen LogP contribution in [0.5, 0.6) is 0 Å². The highest BCUT2D eigenvalue weighted by atomic mass is 32.2. The molecule has 0 aromatic heterocycles. The minimum Gasteiger partial charge on any atom is -0.346 e. The Morgan fingerprint density at radius 3 is 2.38 bits per heavy atom. The maximum Gasteiger partial charge on any atom is 0.251 e. The topological polar surface area (TPSA) is 66.5 Å².